The Kier molecular flexibility index (Phi) is 3.39. The lowest BCUT2D eigenvalue weighted by atomic mass is 10.5. The maximum atomic E-state index is 11.7. The summed E-state index contributed by atoms with van der Waals surface area (Å²) in [7, 11) is 0. The van der Waals surface area contributed by atoms with Crippen LogP contribution in [0.3, 0.4) is 0 Å². The van der Waals surface area contributed by atoms with Gasteiger partial charge in [0.2, 0.25) is 5.88 Å². The molecule has 0 saturated heterocycles. The molecule has 0 spiro atoms. The zero-order valence-electron chi connectivity index (χ0n) is 5.60. The molecular formula is C6H3Br2F2NO. The van der Waals surface area contributed by atoms with Gasteiger partial charge in [0.05, 0.1) is 4.47 Å². The summed E-state index contributed by atoms with van der Waals surface area (Å²) in [6.07, 6.45) is 1.38. The predicted octanol–water partition coefficient (Wildman–Crippen LogP) is 3.21. The topological polar surface area (TPSA) is 22.1 Å². The van der Waals surface area contributed by atoms with Crippen LogP contribution in [0.4, 0.5) is 8.78 Å². The first-order valence-electron chi connectivity index (χ1n) is 2.85. The third-order valence-corrected chi connectivity index (χ3v) is 1.98. The fraction of sp³-hybridized carbons (Fsp3) is 0.167. The molecule has 1 aromatic rings. The van der Waals surface area contributed by atoms with E-state index >= 15 is 0 Å². The highest BCUT2D eigenvalue weighted by Crippen LogP contribution is 2.26. The molecule has 66 valence electrons. The van der Waals surface area contributed by atoms with E-state index in [1.807, 2.05) is 0 Å². The lowest BCUT2D eigenvalue weighted by molar-refractivity contribution is -0.0534. The van der Waals surface area contributed by atoms with Crippen LogP contribution in [0.15, 0.2) is 21.2 Å². The van der Waals surface area contributed by atoms with Gasteiger partial charge in [-0.2, -0.15) is 8.78 Å². The lowest BCUT2D eigenvalue weighted by Gasteiger charge is -2.04. The molecule has 0 unspecified atom stereocenters. The minimum atomic E-state index is -2.85. The number of pyridine rings is 1. The van der Waals surface area contributed by atoms with E-state index in [2.05, 4.69) is 41.6 Å². The Morgan fingerprint density at radius 2 is 2.08 bits per heavy atom. The van der Waals surface area contributed by atoms with Gasteiger partial charge in [0.25, 0.3) is 0 Å². The van der Waals surface area contributed by atoms with Gasteiger partial charge in [0.1, 0.15) is 0 Å². The number of hydrogen-bond donors (Lipinski definition) is 0. The Morgan fingerprint density at radius 3 is 2.58 bits per heavy atom. The number of ether oxygens (including phenoxy) is 1. The summed E-state index contributed by atoms with van der Waals surface area (Å²) >= 11 is 6.15. The summed E-state index contributed by atoms with van der Waals surface area (Å²) in [4.78, 5) is 3.62. The second-order valence-electron chi connectivity index (χ2n) is 1.82. The van der Waals surface area contributed by atoms with Crippen molar-refractivity contribution < 1.29 is 13.5 Å². The van der Waals surface area contributed by atoms with Gasteiger partial charge in [-0.25, -0.2) is 4.98 Å². The number of halogens is 4. The molecule has 1 rings (SSSR count). The minimum Gasteiger partial charge on any atom is -0.416 e. The first kappa shape index (κ1) is 9.85. The van der Waals surface area contributed by atoms with Gasteiger partial charge in [-0.1, -0.05) is 0 Å². The zero-order valence-corrected chi connectivity index (χ0v) is 8.77. The molecule has 1 heterocycles. The molecule has 0 aliphatic rings. The first-order chi connectivity index (χ1) is 5.59. The Balaban J connectivity index is 2.86. The molecule has 6 heteroatoms. The average molecular weight is 303 g/mol. The smallest absolute Gasteiger partial charge is 0.388 e. The molecule has 0 saturated carbocycles. The van der Waals surface area contributed by atoms with Crippen LogP contribution in [0.25, 0.3) is 0 Å². The van der Waals surface area contributed by atoms with Crippen molar-refractivity contribution in [2.75, 3.05) is 0 Å². The van der Waals surface area contributed by atoms with Gasteiger partial charge in [-0.05, 0) is 37.9 Å². The van der Waals surface area contributed by atoms with Crippen molar-refractivity contribution in [3.8, 4) is 5.88 Å². The number of alkyl halides is 2. The number of hydrogen-bond acceptors (Lipinski definition) is 2. The molecule has 1 aromatic heterocycles. The van der Waals surface area contributed by atoms with Gasteiger partial charge in [-0.3, -0.25) is 0 Å². The maximum Gasteiger partial charge on any atom is 0.388 e. The summed E-state index contributed by atoms with van der Waals surface area (Å²) in [6, 6.07) is 1.57. The summed E-state index contributed by atoms with van der Waals surface area (Å²) < 4.78 is 28.6. The van der Waals surface area contributed by atoms with E-state index in [1.165, 1.54) is 6.20 Å². The fourth-order valence-corrected chi connectivity index (χ4v) is 1.65. The molecule has 0 N–H and O–H groups in total. The van der Waals surface area contributed by atoms with Crippen molar-refractivity contribution in [1.29, 1.82) is 0 Å². The summed E-state index contributed by atoms with van der Waals surface area (Å²) in [5.74, 6) is -0.117. The van der Waals surface area contributed by atoms with Gasteiger partial charge in [-0.15, -0.1) is 0 Å². The fourth-order valence-electron chi connectivity index (χ4n) is 0.573. The second kappa shape index (κ2) is 4.13. The van der Waals surface area contributed by atoms with Gasteiger partial charge >= 0.3 is 6.61 Å². The summed E-state index contributed by atoms with van der Waals surface area (Å²) in [5.41, 5.74) is 0. The molecule has 0 atom stereocenters. The number of nitrogens with zero attached hydrogens (tertiary/aromatic N) is 1. The highest BCUT2D eigenvalue weighted by molar-refractivity contribution is 9.11. The van der Waals surface area contributed by atoms with Crippen LogP contribution in [-0.2, 0) is 0 Å². The highest BCUT2D eigenvalue weighted by Gasteiger charge is 2.09. The highest BCUT2D eigenvalue weighted by atomic mass is 79.9. The normalized spacial score (nSPS) is 10.4. The third kappa shape index (κ3) is 2.67. The van der Waals surface area contributed by atoms with Crippen LogP contribution in [-0.4, -0.2) is 11.6 Å². The minimum absolute atomic E-state index is 0.117. The van der Waals surface area contributed by atoms with Crippen LogP contribution in [0.1, 0.15) is 0 Å². The molecule has 0 amide bonds. The molecule has 2 nitrogen and oxygen atoms in total. The lowest BCUT2D eigenvalue weighted by Crippen LogP contribution is -2.03. The van der Waals surface area contributed by atoms with Crippen LogP contribution in [0.2, 0.25) is 0 Å². The SMILES string of the molecule is FC(F)Oc1ncc(Br)cc1Br. The standard InChI is InChI=1S/C6H3Br2F2NO/c7-3-1-4(8)5(11-2-3)12-6(9)10/h1-2,6H. The van der Waals surface area contributed by atoms with E-state index in [0.717, 1.165) is 0 Å². The Bertz CT molecular complexity index is 282. The van der Waals surface area contributed by atoms with Crippen molar-refractivity contribution in [1.82, 2.24) is 4.98 Å². The second-order valence-corrected chi connectivity index (χ2v) is 3.59. The first-order valence-corrected chi connectivity index (χ1v) is 4.44. The quantitative estimate of drug-likeness (QED) is 0.837. The van der Waals surface area contributed by atoms with Crippen molar-refractivity contribution in [2.45, 2.75) is 6.61 Å². The Labute approximate surface area is 84.2 Å². The molecule has 12 heavy (non-hydrogen) atoms. The Morgan fingerprint density at radius 1 is 1.42 bits per heavy atom. The van der Waals surface area contributed by atoms with E-state index in [1.54, 1.807) is 6.07 Å². The number of rotatable bonds is 2. The van der Waals surface area contributed by atoms with Gasteiger partial charge in [0.15, 0.2) is 0 Å². The van der Waals surface area contributed by atoms with E-state index in [-0.39, 0.29) is 5.88 Å². The van der Waals surface area contributed by atoms with Crippen LogP contribution < -0.4 is 4.74 Å². The molecule has 0 bridgehead atoms. The van der Waals surface area contributed by atoms with Crippen molar-refractivity contribution in [3.63, 3.8) is 0 Å². The Hall–Kier alpha value is -0.230. The van der Waals surface area contributed by atoms with Crippen LogP contribution in [0, 0.1) is 0 Å². The number of aromatic nitrogens is 1. The largest absolute Gasteiger partial charge is 0.416 e. The van der Waals surface area contributed by atoms with Crippen LogP contribution >= 0.6 is 31.9 Å². The third-order valence-electron chi connectivity index (χ3n) is 0.975. The van der Waals surface area contributed by atoms with E-state index in [0.29, 0.717) is 8.95 Å². The molecule has 0 aliphatic carbocycles. The molecular weight excluding hydrogens is 300 g/mol. The molecule has 0 aliphatic heterocycles. The maximum absolute atomic E-state index is 11.7. The van der Waals surface area contributed by atoms with E-state index in [4.69, 9.17) is 0 Å². The van der Waals surface area contributed by atoms with Crippen LogP contribution in [0.5, 0.6) is 5.88 Å². The van der Waals surface area contributed by atoms with Crippen molar-refractivity contribution in [3.05, 3.63) is 21.2 Å². The van der Waals surface area contributed by atoms with E-state index < -0.39 is 6.61 Å². The van der Waals surface area contributed by atoms with Gasteiger partial charge < -0.3 is 4.74 Å². The average Bonchev–Trinajstić information content (AvgIpc) is 1.94. The van der Waals surface area contributed by atoms with Crippen molar-refractivity contribution >= 4 is 31.9 Å². The van der Waals surface area contributed by atoms with Gasteiger partial charge in [0, 0.05) is 10.7 Å². The molecule has 0 fully saturated rings. The zero-order chi connectivity index (χ0) is 9.14. The molecule has 0 radical (unpaired) electrons. The van der Waals surface area contributed by atoms with Crippen molar-refractivity contribution in [2.24, 2.45) is 0 Å². The van der Waals surface area contributed by atoms with E-state index in [9.17, 15) is 8.78 Å². The summed E-state index contributed by atoms with van der Waals surface area (Å²) in [5, 5.41) is 0. The predicted molar refractivity (Wildman–Crippen MR) is 46.3 cm³/mol. The molecule has 0 aromatic carbocycles. The summed E-state index contributed by atoms with van der Waals surface area (Å²) in [6.45, 7) is -2.85. The monoisotopic (exact) mass is 301 g/mol.